The summed E-state index contributed by atoms with van der Waals surface area (Å²) in [6.07, 6.45) is 2.07. The number of ether oxygens (including phenoxy) is 2. The van der Waals surface area contributed by atoms with E-state index in [4.69, 9.17) is 14.6 Å². The maximum Gasteiger partial charge on any atom is 0.378 e. The van der Waals surface area contributed by atoms with Gasteiger partial charge in [0.1, 0.15) is 18.0 Å². The number of nitrogens with zero attached hydrogens (tertiary/aromatic N) is 4. The number of carbonyl (C=O) groups excluding carboxylic acids is 2. The summed E-state index contributed by atoms with van der Waals surface area (Å²) in [5.41, 5.74) is 2.07. The summed E-state index contributed by atoms with van der Waals surface area (Å²) in [6.45, 7) is 2.29. The first-order valence-corrected chi connectivity index (χ1v) is 13.3. The molecule has 0 aliphatic carbocycles. The third-order valence-corrected chi connectivity index (χ3v) is 8.85. The molecule has 8 nitrogen and oxygen atoms in total. The summed E-state index contributed by atoms with van der Waals surface area (Å²) in [5.74, 6) is -1.04. The number of hydrazine groups is 1. The molecule has 9 heteroatoms. The lowest BCUT2D eigenvalue weighted by atomic mass is 9.88. The van der Waals surface area contributed by atoms with Crippen molar-refractivity contribution in [1.82, 2.24) is 5.01 Å². The second kappa shape index (κ2) is 8.39. The number of carbonyl (C=O) groups is 2. The average molecular weight is 525 g/mol. The monoisotopic (exact) mass is 524 g/mol. The number of amidine groups is 1. The van der Waals surface area contributed by atoms with Gasteiger partial charge < -0.3 is 9.47 Å². The van der Waals surface area contributed by atoms with Gasteiger partial charge in [0.2, 0.25) is 0 Å². The first-order valence-electron chi connectivity index (χ1n) is 12.4. The molecule has 3 atom stereocenters. The minimum absolute atomic E-state index is 0.0342. The predicted octanol–water partition coefficient (Wildman–Crippen LogP) is 4.23. The van der Waals surface area contributed by atoms with E-state index in [-0.39, 0.29) is 25.1 Å². The number of esters is 2. The number of para-hydroxylation sites is 1. The highest BCUT2D eigenvalue weighted by Crippen LogP contribution is 2.63. The second-order valence-corrected chi connectivity index (χ2v) is 10.9. The van der Waals surface area contributed by atoms with Crippen molar-refractivity contribution in [3.8, 4) is 0 Å². The summed E-state index contributed by atoms with van der Waals surface area (Å²) < 4.78 is 10.8. The van der Waals surface area contributed by atoms with Crippen molar-refractivity contribution < 1.29 is 19.1 Å². The zero-order valence-corrected chi connectivity index (χ0v) is 21.4. The molecule has 4 aliphatic heterocycles. The molecule has 4 aliphatic rings. The number of hydrazone groups is 1. The Morgan fingerprint density at radius 1 is 1.03 bits per heavy atom. The van der Waals surface area contributed by atoms with Crippen molar-refractivity contribution in [2.24, 2.45) is 5.10 Å². The third kappa shape index (κ3) is 2.96. The van der Waals surface area contributed by atoms with Crippen molar-refractivity contribution in [3.05, 3.63) is 108 Å². The first kappa shape index (κ1) is 22.9. The molecule has 0 saturated carbocycles. The van der Waals surface area contributed by atoms with E-state index in [1.165, 1.54) is 0 Å². The van der Waals surface area contributed by atoms with Crippen LogP contribution in [0.2, 0.25) is 0 Å². The van der Waals surface area contributed by atoms with Crippen LogP contribution in [0.4, 0.5) is 11.4 Å². The highest BCUT2D eigenvalue weighted by Gasteiger charge is 2.83. The standard InChI is InChI=1S/C29H24N4O4S/c1-20-12-14-22(15-13-20)31-24-16-17-38-28(24)19-37-27(35)29(28)32(23-10-6-3-7-11-23)30-25(33(29)31)26(34)36-18-21-8-4-2-5-9-21/h2-17,24H,18-19H2,1H3/t24-,28+,29-/m1/s1. The Labute approximate surface area is 224 Å². The highest BCUT2D eigenvalue weighted by atomic mass is 32.2. The van der Waals surface area contributed by atoms with Crippen molar-refractivity contribution in [2.75, 3.05) is 16.6 Å². The van der Waals surface area contributed by atoms with Gasteiger partial charge in [-0.25, -0.2) is 19.6 Å². The molecule has 38 heavy (non-hydrogen) atoms. The van der Waals surface area contributed by atoms with E-state index >= 15 is 0 Å². The summed E-state index contributed by atoms with van der Waals surface area (Å²) in [7, 11) is 0. The van der Waals surface area contributed by atoms with Crippen molar-refractivity contribution in [3.63, 3.8) is 0 Å². The lowest BCUT2D eigenvalue weighted by Gasteiger charge is -2.40. The van der Waals surface area contributed by atoms with Crippen LogP contribution in [0.1, 0.15) is 11.1 Å². The molecule has 4 heterocycles. The van der Waals surface area contributed by atoms with E-state index in [0.29, 0.717) is 5.69 Å². The van der Waals surface area contributed by atoms with Crippen LogP contribution in [0.15, 0.2) is 102 Å². The lowest BCUT2D eigenvalue weighted by Crippen LogP contribution is -2.67. The largest absolute Gasteiger partial charge is 0.461 e. The van der Waals surface area contributed by atoms with Crippen molar-refractivity contribution >= 4 is 40.9 Å². The van der Waals surface area contributed by atoms with Crippen molar-refractivity contribution in [1.29, 1.82) is 0 Å². The Morgan fingerprint density at radius 3 is 2.47 bits per heavy atom. The van der Waals surface area contributed by atoms with E-state index in [0.717, 1.165) is 16.8 Å². The highest BCUT2D eigenvalue weighted by molar-refractivity contribution is 8.04. The van der Waals surface area contributed by atoms with Gasteiger partial charge in [-0.15, -0.1) is 16.9 Å². The minimum Gasteiger partial charge on any atom is -0.461 e. The van der Waals surface area contributed by atoms with Crippen molar-refractivity contribution in [2.45, 2.75) is 30.0 Å². The lowest BCUT2D eigenvalue weighted by molar-refractivity contribution is -0.145. The summed E-state index contributed by atoms with van der Waals surface area (Å²) in [5, 5.41) is 12.2. The maximum atomic E-state index is 14.0. The molecule has 2 spiro atoms. The normalized spacial score (nSPS) is 26.7. The van der Waals surface area contributed by atoms with Crippen LogP contribution < -0.4 is 10.0 Å². The zero-order chi connectivity index (χ0) is 25.9. The summed E-state index contributed by atoms with van der Waals surface area (Å²) >= 11 is 1.55. The van der Waals surface area contributed by atoms with Gasteiger partial charge in [-0.3, -0.25) is 5.01 Å². The van der Waals surface area contributed by atoms with Gasteiger partial charge in [-0.2, -0.15) is 0 Å². The smallest absolute Gasteiger partial charge is 0.378 e. The number of thioether (sulfide) groups is 1. The molecule has 0 aromatic heterocycles. The van der Waals surface area contributed by atoms with Crippen LogP contribution in [0.5, 0.6) is 0 Å². The van der Waals surface area contributed by atoms with Crippen LogP contribution in [-0.4, -0.2) is 45.8 Å². The fourth-order valence-electron chi connectivity index (χ4n) is 5.76. The quantitative estimate of drug-likeness (QED) is 0.459. The molecular formula is C29H24N4O4S. The number of cyclic esters (lactones) is 1. The molecule has 0 amide bonds. The fraction of sp³-hybridized carbons (Fsp3) is 0.207. The number of rotatable bonds is 5. The molecule has 2 saturated heterocycles. The molecule has 0 unspecified atom stereocenters. The van der Waals surface area contributed by atoms with Gasteiger partial charge >= 0.3 is 11.9 Å². The van der Waals surface area contributed by atoms with E-state index in [9.17, 15) is 9.59 Å². The number of anilines is 2. The maximum absolute atomic E-state index is 14.0. The Morgan fingerprint density at radius 2 is 1.74 bits per heavy atom. The molecule has 0 radical (unpaired) electrons. The van der Waals surface area contributed by atoms with Crippen LogP contribution >= 0.6 is 11.8 Å². The molecule has 2 fully saturated rings. The van der Waals surface area contributed by atoms with Gasteiger partial charge in [0.15, 0.2) is 0 Å². The number of aryl methyl sites for hydroxylation is 1. The number of hydrogen-bond acceptors (Lipinski definition) is 9. The van der Waals surface area contributed by atoms with Gasteiger partial charge in [0.05, 0.1) is 17.4 Å². The Kier molecular flexibility index (Phi) is 5.06. The Bertz CT molecular complexity index is 1480. The van der Waals surface area contributed by atoms with Crippen LogP contribution in [0.3, 0.4) is 0 Å². The van der Waals surface area contributed by atoms with Gasteiger partial charge in [0, 0.05) is 0 Å². The van der Waals surface area contributed by atoms with E-state index in [2.05, 4.69) is 6.08 Å². The zero-order valence-electron chi connectivity index (χ0n) is 20.6. The van der Waals surface area contributed by atoms with Gasteiger partial charge in [0.25, 0.3) is 11.5 Å². The third-order valence-electron chi connectivity index (χ3n) is 7.49. The Hall–Kier alpha value is -4.24. The van der Waals surface area contributed by atoms with Crippen LogP contribution in [0.25, 0.3) is 0 Å². The van der Waals surface area contributed by atoms with E-state index in [1.54, 1.807) is 21.8 Å². The number of hydrogen-bond donors (Lipinski definition) is 0. The fourth-order valence-corrected chi connectivity index (χ4v) is 7.10. The number of benzene rings is 3. The minimum atomic E-state index is -1.42. The predicted molar refractivity (Wildman–Crippen MR) is 145 cm³/mol. The molecular weight excluding hydrogens is 500 g/mol. The molecule has 0 N–H and O–H groups in total. The second-order valence-electron chi connectivity index (χ2n) is 9.65. The van der Waals surface area contributed by atoms with E-state index < -0.39 is 22.3 Å². The summed E-state index contributed by atoms with van der Waals surface area (Å²) in [6, 6.07) is 26.7. The van der Waals surface area contributed by atoms with Crippen LogP contribution in [-0.2, 0) is 25.7 Å². The molecule has 0 bridgehead atoms. The molecule has 190 valence electrons. The average Bonchev–Trinajstić information content (AvgIpc) is 3.66. The SMILES string of the molecule is Cc1ccc(N2[C@@H]3C=CS[C@@]34COC(=O)[C@]43N(c4ccccc4)N=C(C(=O)OCc4ccccc4)N23)cc1. The van der Waals surface area contributed by atoms with Gasteiger partial charge in [-0.1, -0.05) is 72.3 Å². The van der Waals surface area contributed by atoms with Crippen LogP contribution in [0, 0.1) is 6.92 Å². The Balaban J connectivity index is 1.40. The molecule has 3 aromatic carbocycles. The molecule has 3 aromatic rings. The molecule has 7 rings (SSSR count). The topological polar surface area (TPSA) is 74.7 Å². The van der Waals surface area contributed by atoms with E-state index in [1.807, 2.05) is 102 Å². The van der Waals surface area contributed by atoms with Gasteiger partial charge in [-0.05, 0) is 42.2 Å². The summed E-state index contributed by atoms with van der Waals surface area (Å²) in [4.78, 5) is 27.7. The first-order chi connectivity index (χ1) is 18.6.